The zero-order valence-electron chi connectivity index (χ0n) is 10.9. The standard InChI is InChI=1S/C11H20O7S/c1-15-2-3-16-4-5-17-6-7-18-11(14)9(19)8-10(12)13/h9,19H,2-8H2,1H3,(H,12,13). The lowest BCUT2D eigenvalue weighted by Gasteiger charge is -2.09. The number of aliphatic carboxylic acids is 1. The summed E-state index contributed by atoms with van der Waals surface area (Å²) in [7, 11) is 1.59. The van der Waals surface area contributed by atoms with E-state index in [1.165, 1.54) is 0 Å². The van der Waals surface area contributed by atoms with Crippen molar-refractivity contribution < 1.29 is 33.6 Å². The Morgan fingerprint density at radius 3 is 2.11 bits per heavy atom. The maximum Gasteiger partial charge on any atom is 0.319 e. The first kappa shape index (κ1) is 18.2. The Labute approximate surface area is 117 Å². The number of thiol groups is 1. The number of hydrogen-bond donors (Lipinski definition) is 2. The first-order valence-corrected chi connectivity index (χ1v) is 6.30. The van der Waals surface area contributed by atoms with Gasteiger partial charge in [-0.15, -0.1) is 0 Å². The van der Waals surface area contributed by atoms with Gasteiger partial charge in [-0.2, -0.15) is 12.6 Å². The first-order valence-electron chi connectivity index (χ1n) is 5.78. The molecule has 1 N–H and O–H groups in total. The van der Waals surface area contributed by atoms with E-state index in [1.54, 1.807) is 7.11 Å². The highest BCUT2D eigenvalue weighted by molar-refractivity contribution is 7.81. The summed E-state index contributed by atoms with van der Waals surface area (Å²) in [6.07, 6.45) is -0.365. The minimum absolute atomic E-state index is 0.0631. The number of methoxy groups -OCH3 is 1. The molecular weight excluding hydrogens is 276 g/mol. The van der Waals surface area contributed by atoms with Crippen molar-refractivity contribution in [1.82, 2.24) is 0 Å². The van der Waals surface area contributed by atoms with E-state index < -0.39 is 17.2 Å². The normalized spacial score (nSPS) is 12.1. The molecule has 8 heteroatoms. The second-order valence-electron chi connectivity index (χ2n) is 3.50. The molecule has 0 aliphatic heterocycles. The van der Waals surface area contributed by atoms with Crippen molar-refractivity contribution in [3.8, 4) is 0 Å². The number of carboxylic acid groups (broad SMARTS) is 1. The van der Waals surface area contributed by atoms with Crippen LogP contribution in [0.25, 0.3) is 0 Å². The van der Waals surface area contributed by atoms with Gasteiger partial charge in [0.1, 0.15) is 11.9 Å². The zero-order chi connectivity index (χ0) is 14.5. The molecule has 7 nitrogen and oxygen atoms in total. The molecule has 0 rings (SSSR count). The molecule has 0 aliphatic carbocycles. The minimum atomic E-state index is -1.10. The van der Waals surface area contributed by atoms with Gasteiger partial charge in [-0.3, -0.25) is 9.59 Å². The molecule has 0 saturated heterocycles. The van der Waals surface area contributed by atoms with E-state index >= 15 is 0 Å². The van der Waals surface area contributed by atoms with Crippen LogP contribution in [0.4, 0.5) is 0 Å². The average molecular weight is 296 g/mol. The third kappa shape index (κ3) is 12.0. The quantitative estimate of drug-likeness (QED) is 0.297. The van der Waals surface area contributed by atoms with Gasteiger partial charge in [0.25, 0.3) is 0 Å². The van der Waals surface area contributed by atoms with Gasteiger partial charge in [0, 0.05) is 7.11 Å². The third-order valence-corrected chi connectivity index (χ3v) is 2.31. The molecule has 0 fully saturated rings. The molecule has 0 spiro atoms. The van der Waals surface area contributed by atoms with Crippen LogP contribution in [0.5, 0.6) is 0 Å². The smallest absolute Gasteiger partial charge is 0.319 e. The van der Waals surface area contributed by atoms with Gasteiger partial charge in [0.15, 0.2) is 0 Å². The predicted molar refractivity (Wildman–Crippen MR) is 69.5 cm³/mol. The van der Waals surface area contributed by atoms with Gasteiger partial charge in [0.05, 0.1) is 39.5 Å². The van der Waals surface area contributed by atoms with Crippen LogP contribution in [0.1, 0.15) is 6.42 Å². The van der Waals surface area contributed by atoms with E-state index in [9.17, 15) is 9.59 Å². The molecule has 19 heavy (non-hydrogen) atoms. The summed E-state index contributed by atoms with van der Waals surface area (Å²) in [5.41, 5.74) is 0. The summed E-state index contributed by atoms with van der Waals surface area (Å²) in [4.78, 5) is 21.6. The summed E-state index contributed by atoms with van der Waals surface area (Å²) < 4.78 is 19.9. The van der Waals surface area contributed by atoms with Crippen molar-refractivity contribution in [2.75, 3.05) is 46.8 Å². The van der Waals surface area contributed by atoms with Crippen molar-refractivity contribution in [2.24, 2.45) is 0 Å². The summed E-state index contributed by atoms with van der Waals surface area (Å²) in [5, 5.41) is 7.51. The molecule has 0 aromatic rings. The van der Waals surface area contributed by atoms with Crippen LogP contribution in [-0.4, -0.2) is 69.0 Å². The zero-order valence-corrected chi connectivity index (χ0v) is 11.8. The van der Waals surface area contributed by atoms with Crippen molar-refractivity contribution in [1.29, 1.82) is 0 Å². The number of ether oxygens (including phenoxy) is 4. The molecule has 0 radical (unpaired) electrons. The van der Waals surface area contributed by atoms with E-state index in [4.69, 9.17) is 24.1 Å². The largest absolute Gasteiger partial charge is 0.481 e. The average Bonchev–Trinajstić information content (AvgIpc) is 2.35. The molecule has 0 aromatic carbocycles. The maximum atomic E-state index is 11.2. The van der Waals surface area contributed by atoms with Gasteiger partial charge in [-0.05, 0) is 0 Å². The van der Waals surface area contributed by atoms with Crippen LogP contribution in [0.2, 0.25) is 0 Å². The minimum Gasteiger partial charge on any atom is -0.481 e. The molecule has 112 valence electrons. The van der Waals surface area contributed by atoms with E-state index in [2.05, 4.69) is 12.6 Å². The second kappa shape index (κ2) is 12.2. The molecule has 0 saturated carbocycles. The van der Waals surface area contributed by atoms with Crippen LogP contribution in [0.15, 0.2) is 0 Å². The molecule has 0 bridgehead atoms. The number of carboxylic acids is 1. The predicted octanol–water partition coefficient (Wildman–Crippen LogP) is -0.0177. The van der Waals surface area contributed by atoms with E-state index in [-0.39, 0.29) is 19.6 Å². The fraction of sp³-hybridized carbons (Fsp3) is 0.818. The lowest BCUT2D eigenvalue weighted by molar-refractivity contribution is -0.148. The second-order valence-corrected chi connectivity index (χ2v) is 4.12. The third-order valence-electron chi connectivity index (χ3n) is 1.92. The fourth-order valence-electron chi connectivity index (χ4n) is 1.01. The van der Waals surface area contributed by atoms with Crippen LogP contribution >= 0.6 is 12.6 Å². The fourth-order valence-corrected chi connectivity index (χ4v) is 1.24. The number of rotatable bonds is 12. The Bertz CT molecular complexity index is 259. The van der Waals surface area contributed by atoms with Crippen LogP contribution < -0.4 is 0 Å². The van der Waals surface area contributed by atoms with Gasteiger partial charge in [-0.25, -0.2) is 0 Å². The van der Waals surface area contributed by atoms with Crippen molar-refractivity contribution in [3.05, 3.63) is 0 Å². The van der Waals surface area contributed by atoms with Gasteiger partial charge in [0.2, 0.25) is 0 Å². The SMILES string of the molecule is COCCOCCOCCOC(=O)C(S)CC(=O)O. The first-order chi connectivity index (χ1) is 9.07. The van der Waals surface area contributed by atoms with Crippen molar-refractivity contribution >= 4 is 24.6 Å². The van der Waals surface area contributed by atoms with Crippen LogP contribution in [-0.2, 0) is 28.5 Å². The topological polar surface area (TPSA) is 91.3 Å². The number of hydrogen-bond acceptors (Lipinski definition) is 7. The molecule has 0 heterocycles. The Kier molecular flexibility index (Phi) is 11.7. The van der Waals surface area contributed by atoms with E-state index in [1.807, 2.05) is 0 Å². The Morgan fingerprint density at radius 2 is 1.58 bits per heavy atom. The molecule has 1 atom stereocenters. The highest BCUT2D eigenvalue weighted by Crippen LogP contribution is 2.03. The van der Waals surface area contributed by atoms with E-state index in [0.717, 1.165) is 0 Å². The summed E-state index contributed by atoms with van der Waals surface area (Å²) >= 11 is 3.83. The molecular formula is C11H20O7S. The lowest BCUT2D eigenvalue weighted by atomic mass is 10.3. The van der Waals surface area contributed by atoms with Crippen molar-refractivity contribution in [2.45, 2.75) is 11.7 Å². The van der Waals surface area contributed by atoms with Gasteiger partial charge >= 0.3 is 11.9 Å². The molecule has 0 amide bonds. The van der Waals surface area contributed by atoms with Gasteiger partial charge in [-0.1, -0.05) is 0 Å². The highest BCUT2D eigenvalue weighted by Gasteiger charge is 2.18. The summed E-state index contributed by atoms with van der Waals surface area (Å²) in [6, 6.07) is 0. The van der Waals surface area contributed by atoms with E-state index in [0.29, 0.717) is 26.4 Å². The maximum absolute atomic E-state index is 11.2. The van der Waals surface area contributed by atoms with Crippen LogP contribution in [0, 0.1) is 0 Å². The summed E-state index contributed by atoms with van der Waals surface area (Å²) in [5.74, 6) is -1.76. The monoisotopic (exact) mass is 296 g/mol. The molecule has 0 aliphatic rings. The Hall–Kier alpha value is -0.830. The van der Waals surface area contributed by atoms with Gasteiger partial charge < -0.3 is 24.1 Å². The van der Waals surface area contributed by atoms with Crippen molar-refractivity contribution in [3.63, 3.8) is 0 Å². The molecule has 0 aromatic heterocycles. The summed E-state index contributed by atoms with van der Waals surface area (Å²) in [6.45, 7) is 2.16. The Morgan fingerprint density at radius 1 is 1.05 bits per heavy atom. The number of carbonyl (C=O) groups excluding carboxylic acids is 1. The highest BCUT2D eigenvalue weighted by atomic mass is 32.1. The lowest BCUT2D eigenvalue weighted by Crippen LogP contribution is -2.23. The number of carbonyl (C=O) groups is 2. The Balaban J connectivity index is 3.34. The molecule has 1 unspecified atom stereocenters. The number of esters is 1. The van der Waals surface area contributed by atoms with Crippen LogP contribution in [0.3, 0.4) is 0 Å².